The van der Waals surface area contributed by atoms with Crippen LogP contribution in [-0.4, -0.2) is 5.78 Å². The molecule has 0 aromatic heterocycles. The summed E-state index contributed by atoms with van der Waals surface area (Å²) in [5.74, 6) is 0.234. The van der Waals surface area contributed by atoms with Crippen LogP contribution in [0.2, 0.25) is 0 Å². The van der Waals surface area contributed by atoms with E-state index in [0.29, 0.717) is 6.42 Å². The number of ketones is 1. The second-order valence-corrected chi connectivity index (χ2v) is 5.32. The fourth-order valence-corrected chi connectivity index (χ4v) is 2.46. The molecule has 0 N–H and O–H groups in total. The molecule has 1 aromatic rings. The van der Waals surface area contributed by atoms with Crippen LogP contribution in [0.25, 0.3) is 6.08 Å². The van der Waals surface area contributed by atoms with Gasteiger partial charge in [-0.25, -0.2) is 0 Å². The zero-order valence-electron chi connectivity index (χ0n) is 10.7. The van der Waals surface area contributed by atoms with Gasteiger partial charge in [0, 0.05) is 6.42 Å². The second kappa shape index (κ2) is 4.33. The molecule has 88 valence electrons. The van der Waals surface area contributed by atoms with E-state index in [4.69, 9.17) is 0 Å². The molecule has 0 atom stereocenters. The Balaban J connectivity index is 2.46. The maximum Gasteiger partial charge on any atom is 0.156 e. The summed E-state index contributed by atoms with van der Waals surface area (Å²) in [5.41, 5.74) is 3.49. The lowest BCUT2D eigenvalue weighted by atomic mass is 9.72. The van der Waals surface area contributed by atoms with Gasteiger partial charge in [-0.05, 0) is 35.1 Å². The van der Waals surface area contributed by atoms with Crippen LogP contribution in [0.15, 0.2) is 47.6 Å². The third-order valence-electron chi connectivity index (χ3n) is 3.26. The average Bonchev–Trinajstić information content (AvgIpc) is 2.24. The molecule has 0 bridgehead atoms. The van der Waals surface area contributed by atoms with Gasteiger partial charge in [-0.2, -0.15) is 0 Å². The van der Waals surface area contributed by atoms with Crippen LogP contribution >= 0.6 is 0 Å². The highest BCUT2D eigenvalue weighted by Crippen LogP contribution is 2.39. The Kier molecular flexibility index (Phi) is 3.01. The van der Waals surface area contributed by atoms with Crippen LogP contribution in [0.5, 0.6) is 0 Å². The Bertz CT molecular complexity index is 490. The molecule has 1 aromatic carbocycles. The smallest absolute Gasteiger partial charge is 0.156 e. The third kappa shape index (κ3) is 2.55. The molecule has 17 heavy (non-hydrogen) atoms. The number of carbonyl (C=O) groups is 1. The van der Waals surface area contributed by atoms with Gasteiger partial charge >= 0.3 is 0 Å². The van der Waals surface area contributed by atoms with E-state index in [-0.39, 0.29) is 11.2 Å². The van der Waals surface area contributed by atoms with Crippen molar-refractivity contribution in [2.45, 2.75) is 27.2 Å². The van der Waals surface area contributed by atoms with Crippen LogP contribution in [0, 0.1) is 5.41 Å². The van der Waals surface area contributed by atoms with Gasteiger partial charge in [-0.1, -0.05) is 50.3 Å². The minimum Gasteiger partial charge on any atom is -0.295 e. The zero-order chi connectivity index (χ0) is 12.5. The lowest BCUT2D eigenvalue weighted by Gasteiger charge is -2.31. The van der Waals surface area contributed by atoms with Crippen molar-refractivity contribution in [1.29, 1.82) is 0 Å². The average molecular weight is 226 g/mol. The SMILES string of the molecule is CC1=CC(=O)CC(C)(C)/C1=C/c1ccccc1. The molecule has 0 aliphatic heterocycles. The van der Waals surface area contributed by atoms with E-state index in [0.717, 1.165) is 5.57 Å². The van der Waals surface area contributed by atoms with Gasteiger partial charge in [0.15, 0.2) is 5.78 Å². The van der Waals surface area contributed by atoms with E-state index < -0.39 is 0 Å². The maximum atomic E-state index is 11.6. The first-order valence-electron chi connectivity index (χ1n) is 5.98. The minimum absolute atomic E-state index is 0.0637. The van der Waals surface area contributed by atoms with Gasteiger partial charge < -0.3 is 0 Å². The Morgan fingerprint density at radius 2 is 1.82 bits per heavy atom. The van der Waals surface area contributed by atoms with E-state index in [9.17, 15) is 4.79 Å². The normalized spacial score (nSPS) is 21.5. The Labute approximate surface area is 103 Å². The number of allylic oxidation sites excluding steroid dienone is 3. The van der Waals surface area contributed by atoms with E-state index in [1.165, 1.54) is 11.1 Å². The van der Waals surface area contributed by atoms with Crippen LogP contribution in [0.1, 0.15) is 32.8 Å². The van der Waals surface area contributed by atoms with Crippen molar-refractivity contribution in [3.05, 3.63) is 53.1 Å². The summed E-state index contributed by atoms with van der Waals surface area (Å²) in [6.45, 7) is 6.29. The standard InChI is InChI=1S/C16H18O/c1-12-9-14(17)11-16(2,3)15(12)10-13-7-5-4-6-8-13/h4-10H,11H2,1-3H3/b15-10+. The van der Waals surface area contributed by atoms with Gasteiger partial charge in [-0.15, -0.1) is 0 Å². The summed E-state index contributed by atoms with van der Waals surface area (Å²) in [5, 5.41) is 0. The lowest BCUT2D eigenvalue weighted by Crippen LogP contribution is -2.24. The minimum atomic E-state index is -0.0637. The quantitative estimate of drug-likeness (QED) is 0.707. The molecule has 2 rings (SSSR count). The Hall–Kier alpha value is -1.63. The van der Waals surface area contributed by atoms with Crippen molar-refractivity contribution in [2.24, 2.45) is 5.41 Å². The number of benzene rings is 1. The van der Waals surface area contributed by atoms with E-state index in [2.05, 4.69) is 32.1 Å². The molecule has 0 saturated heterocycles. The maximum absolute atomic E-state index is 11.6. The van der Waals surface area contributed by atoms with Crippen molar-refractivity contribution >= 4 is 11.9 Å². The van der Waals surface area contributed by atoms with Gasteiger partial charge in [-0.3, -0.25) is 4.79 Å². The summed E-state index contributed by atoms with van der Waals surface area (Å²) in [6.07, 6.45) is 4.56. The van der Waals surface area contributed by atoms with Crippen molar-refractivity contribution in [2.75, 3.05) is 0 Å². The summed E-state index contributed by atoms with van der Waals surface area (Å²) in [6, 6.07) is 10.3. The van der Waals surface area contributed by atoms with Crippen LogP contribution < -0.4 is 0 Å². The van der Waals surface area contributed by atoms with Crippen LogP contribution in [0.3, 0.4) is 0 Å². The highest BCUT2D eigenvalue weighted by atomic mass is 16.1. The molecule has 1 aliphatic rings. The van der Waals surface area contributed by atoms with E-state index >= 15 is 0 Å². The topological polar surface area (TPSA) is 17.1 Å². The van der Waals surface area contributed by atoms with Crippen LogP contribution in [-0.2, 0) is 4.79 Å². The van der Waals surface area contributed by atoms with Gasteiger partial charge in [0.25, 0.3) is 0 Å². The van der Waals surface area contributed by atoms with Crippen molar-refractivity contribution < 1.29 is 4.79 Å². The molecular weight excluding hydrogens is 208 g/mol. The number of carbonyl (C=O) groups excluding carboxylic acids is 1. The predicted molar refractivity (Wildman–Crippen MR) is 71.6 cm³/mol. The van der Waals surface area contributed by atoms with Gasteiger partial charge in [0.2, 0.25) is 0 Å². The molecule has 0 amide bonds. The van der Waals surface area contributed by atoms with Gasteiger partial charge in [0.1, 0.15) is 0 Å². The van der Waals surface area contributed by atoms with Crippen molar-refractivity contribution in [1.82, 2.24) is 0 Å². The largest absolute Gasteiger partial charge is 0.295 e. The zero-order valence-corrected chi connectivity index (χ0v) is 10.7. The molecule has 0 radical (unpaired) electrons. The fraction of sp³-hybridized carbons (Fsp3) is 0.312. The second-order valence-electron chi connectivity index (χ2n) is 5.32. The summed E-state index contributed by atoms with van der Waals surface area (Å²) in [7, 11) is 0. The molecular formula is C16H18O. The van der Waals surface area contributed by atoms with Crippen molar-refractivity contribution in [3.8, 4) is 0 Å². The summed E-state index contributed by atoms with van der Waals surface area (Å²) < 4.78 is 0. The molecule has 1 aliphatic carbocycles. The molecule has 0 heterocycles. The first kappa shape index (κ1) is 11.8. The number of hydrogen-bond acceptors (Lipinski definition) is 1. The van der Waals surface area contributed by atoms with Gasteiger partial charge in [0.05, 0.1) is 0 Å². The lowest BCUT2D eigenvalue weighted by molar-refractivity contribution is -0.116. The molecule has 0 fully saturated rings. The predicted octanol–water partition coefficient (Wildman–Crippen LogP) is 4.02. The Morgan fingerprint density at radius 3 is 2.41 bits per heavy atom. The first-order valence-corrected chi connectivity index (χ1v) is 5.98. The Morgan fingerprint density at radius 1 is 1.18 bits per heavy atom. The molecule has 0 spiro atoms. The molecule has 1 heteroatoms. The fourth-order valence-electron chi connectivity index (χ4n) is 2.46. The monoisotopic (exact) mass is 226 g/mol. The van der Waals surface area contributed by atoms with Crippen molar-refractivity contribution in [3.63, 3.8) is 0 Å². The first-order chi connectivity index (χ1) is 7.99. The summed E-state index contributed by atoms with van der Waals surface area (Å²) >= 11 is 0. The van der Waals surface area contributed by atoms with Crippen LogP contribution in [0.4, 0.5) is 0 Å². The third-order valence-corrected chi connectivity index (χ3v) is 3.26. The highest BCUT2D eigenvalue weighted by molar-refractivity contribution is 5.94. The molecule has 0 unspecified atom stereocenters. The molecule has 0 saturated carbocycles. The van der Waals surface area contributed by atoms with E-state index in [1.807, 2.05) is 25.1 Å². The highest BCUT2D eigenvalue weighted by Gasteiger charge is 2.30. The number of hydrogen-bond donors (Lipinski definition) is 0. The summed E-state index contributed by atoms with van der Waals surface area (Å²) in [4.78, 5) is 11.6. The molecule has 1 nitrogen and oxygen atoms in total. The van der Waals surface area contributed by atoms with E-state index in [1.54, 1.807) is 6.08 Å². The number of rotatable bonds is 1.